The van der Waals surface area contributed by atoms with E-state index in [-0.39, 0.29) is 24.2 Å². The molecule has 0 aromatic heterocycles. The molecule has 1 aliphatic rings. The number of aliphatic hydroxyl groups excluding tert-OH is 1. The molecule has 0 amide bonds. The number of hydrogen-bond donors (Lipinski definition) is 1. The summed E-state index contributed by atoms with van der Waals surface area (Å²) < 4.78 is 39.0. The Bertz CT molecular complexity index is 555. The fraction of sp³-hybridized carbons (Fsp3) is 0.600. The third-order valence-corrected chi connectivity index (χ3v) is 5.64. The summed E-state index contributed by atoms with van der Waals surface area (Å²) in [6, 6.07) is 5.53. The van der Waals surface area contributed by atoms with Crippen molar-refractivity contribution in [2.24, 2.45) is 0 Å². The SMILES string of the molecule is CCCCS(=O)(=O)N(CC(O)c1ccc(F)cc1)C1CC1. The van der Waals surface area contributed by atoms with Gasteiger partial charge in [0.2, 0.25) is 10.0 Å². The van der Waals surface area contributed by atoms with Gasteiger partial charge in [0.25, 0.3) is 0 Å². The predicted octanol–water partition coefficient (Wildman–Crippen LogP) is 2.45. The van der Waals surface area contributed by atoms with Crippen LogP contribution in [0.2, 0.25) is 0 Å². The third-order valence-electron chi connectivity index (χ3n) is 3.67. The van der Waals surface area contributed by atoms with Crippen LogP contribution in [0.25, 0.3) is 0 Å². The normalized spacial score (nSPS) is 17.1. The topological polar surface area (TPSA) is 57.6 Å². The second-order valence-electron chi connectivity index (χ2n) is 5.54. The third kappa shape index (κ3) is 4.49. The molecule has 118 valence electrons. The maximum atomic E-state index is 12.9. The van der Waals surface area contributed by atoms with Crippen molar-refractivity contribution in [2.45, 2.75) is 44.8 Å². The quantitative estimate of drug-likeness (QED) is 0.801. The van der Waals surface area contributed by atoms with Crippen molar-refractivity contribution in [1.82, 2.24) is 4.31 Å². The fourth-order valence-electron chi connectivity index (χ4n) is 2.26. The highest BCUT2D eigenvalue weighted by molar-refractivity contribution is 7.89. The molecule has 1 atom stereocenters. The van der Waals surface area contributed by atoms with E-state index < -0.39 is 16.1 Å². The maximum Gasteiger partial charge on any atom is 0.214 e. The molecule has 0 saturated heterocycles. The lowest BCUT2D eigenvalue weighted by Crippen LogP contribution is -2.38. The van der Waals surface area contributed by atoms with Crippen molar-refractivity contribution < 1.29 is 17.9 Å². The van der Waals surface area contributed by atoms with Crippen molar-refractivity contribution in [3.63, 3.8) is 0 Å². The highest BCUT2D eigenvalue weighted by Crippen LogP contribution is 2.31. The summed E-state index contributed by atoms with van der Waals surface area (Å²) in [5.41, 5.74) is 0.535. The molecule has 1 unspecified atom stereocenters. The number of benzene rings is 1. The zero-order chi connectivity index (χ0) is 15.5. The van der Waals surface area contributed by atoms with E-state index in [0.29, 0.717) is 12.0 Å². The Kier molecular flexibility index (Phi) is 5.35. The summed E-state index contributed by atoms with van der Waals surface area (Å²) >= 11 is 0. The molecule has 0 bridgehead atoms. The van der Waals surface area contributed by atoms with Gasteiger partial charge in [0.1, 0.15) is 5.82 Å². The second kappa shape index (κ2) is 6.85. The van der Waals surface area contributed by atoms with E-state index in [1.165, 1.54) is 28.6 Å². The maximum absolute atomic E-state index is 12.9. The van der Waals surface area contributed by atoms with Gasteiger partial charge in [-0.05, 0) is 37.0 Å². The minimum absolute atomic E-state index is 0.0157. The van der Waals surface area contributed by atoms with Crippen LogP contribution in [-0.2, 0) is 10.0 Å². The van der Waals surface area contributed by atoms with E-state index >= 15 is 0 Å². The smallest absolute Gasteiger partial charge is 0.214 e. The number of sulfonamides is 1. The first-order valence-corrected chi connectivity index (χ1v) is 8.98. The largest absolute Gasteiger partial charge is 0.387 e. The van der Waals surface area contributed by atoms with E-state index in [4.69, 9.17) is 0 Å². The lowest BCUT2D eigenvalue weighted by Gasteiger charge is -2.24. The van der Waals surface area contributed by atoms with Gasteiger partial charge in [-0.1, -0.05) is 25.5 Å². The first kappa shape index (κ1) is 16.4. The summed E-state index contributed by atoms with van der Waals surface area (Å²) in [6.45, 7) is 1.99. The molecule has 1 aromatic rings. The monoisotopic (exact) mass is 315 g/mol. The van der Waals surface area contributed by atoms with Crippen LogP contribution in [0.15, 0.2) is 24.3 Å². The molecular weight excluding hydrogens is 293 g/mol. The van der Waals surface area contributed by atoms with E-state index in [0.717, 1.165) is 19.3 Å². The average molecular weight is 315 g/mol. The molecule has 0 spiro atoms. The molecule has 6 heteroatoms. The highest BCUT2D eigenvalue weighted by Gasteiger charge is 2.37. The van der Waals surface area contributed by atoms with Crippen molar-refractivity contribution in [2.75, 3.05) is 12.3 Å². The molecule has 1 aromatic carbocycles. The number of hydrogen-bond acceptors (Lipinski definition) is 3. The Hall–Kier alpha value is -0.980. The van der Waals surface area contributed by atoms with Crippen molar-refractivity contribution in [3.05, 3.63) is 35.6 Å². The van der Waals surface area contributed by atoms with Gasteiger partial charge in [0.15, 0.2) is 0 Å². The Morgan fingerprint density at radius 1 is 1.33 bits per heavy atom. The summed E-state index contributed by atoms with van der Waals surface area (Å²) in [4.78, 5) is 0. The molecular formula is C15H22FNO3S. The molecule has 0 aliphatic heterocycles. The number of unbranched alkanes of at least 4 members (excludes halogenated alkanes) is 1. The van der Waals surface area contributed by atoms with E-state index in [1.807, 2.05) is 6.92 Å². The van der Waals surface area contributed by atoms with Gasteiger partial charge in [-0.2, -0.15) is 4.31 Å². The summed E-state index contributed by atoms with van der Waals surface area (Å²) in [6.07, 6.45) is 2.21. The summed E-state index contributed by atoms with van der Waals surface area (Å²) in [5.74, 6) is -0.253. The minimum atomic E-state index is -3.33. The first-order valence-electron chi connectivity index (χ1n) is 7.37. The van der Waals surface area contributed by atoms with Crippen LogP contribution in [0.4, 0.5) is 4.39 Å². The van der Waals surface area contributed by atoms with E-state index in [1.54, 1.807) is 0 Å². The van der Waals surface area contributed by atoms with Gasteiger partial charge in [-0.15, -0.1) is 0 Å². The number of aliphatic hydroxyl groups is 1. The van der Waals surface area contributed by atoms with Gasteiger partial charge in [0, 0.05) is 12.6 Å². The summed E-state index contributed by atoms with van der Waals surface area (Å²) in [5, 5.41) is 10.2. The predicted molar refractivity (Wildman–Crippen MR) is 79.8 cm³/mol. The van der Waals surface area contributed by atoms with Crippen LogP contribution in [0, 0.1) is 5.82 Å². The Morgan fingerprint density at radius 3 is 2.48 bits per heavy atom. The Labute approximate surface area is 125 Å². The zero-order valence-corrected chi connectivity index (χ0v) is 13.0. The minimum Gasteiger partial charge on any atom is -0.387 e. The molecule has 1 N–H and O–H groups in total. The fourth-order valence-corrected chi connectivity index (χ4v) is 4.18. The highest BCUT2D eigenvalue weighted by atomic mass is 32.2. The lowest BCUT2D eigenvalue weighted by molar-refractivity contribution is 0.145. The number of halogens is 1. The standard InChI is InChI=1S/C15H22FNO3S/c1-2-3-10-21(19,20)17(14-8-9-14)11-15(18)12-4-6-13(16)7-5-12/h4-7,14-15,18H,2-3,8-11H2,1H3. The van der Waals surface area contributed by atoms with Crippen molar-refractivity contribution in [1.29, 1.82) is 0 Å². The molecule has 0 radical (unpaired) electrons. The molecule has 4 nitrogen and oxygen atoms in total. The van der Waals surface area contributed by atoms with Crippen LogP contribution in [0.1, 0.15) is 44.3 Å². The number of rotatable bonds is 8. The van der Waals surface area contributed by atoms with Crippen LogP contribution in [0.3, 0.4) is 0 Å². The van der Waals surface area contributed by atoms with Crippen molar-refractivity contribution >= 4 is 10.0 Å². The lowest BCUT2D eigenvalue weighted by atomic mass is 10.1. The molecule has 1 saturated carbocycles. The van der Waals surface area contributed by atoms with Gasteiger partial charge in [0.05, 0.1) is 11.9 Å². The Balaban J connectivity index is 2.07. The zero-order valence-electron chi connectivity index (χ0n) is 12.2. The molecule has 21 heavy (non-hydrogen) atoms. The van der Waals surface area contributed by atoms with Gasteiger partial charge in [-0.3, -0.25) is 0 Å². The van der Waals surface area contributed by atoms with E-state index in [2.05, 4.69) is 0 Å². The van der Waals surface area contributed by atoms with Gasteiger partial charge < -0.3 is 5.11 Å². The van der Waals surface area contributed by atoms with Gasteiger partial charge >= 0.3 is 0 Å². The molecule has 1 aliphatic carbocycles. The average Bonchev–Trinajstić information content (AvgIpc) is 3.27. The van der Waals surface area contributed by atoms with Crippen LogP contribution < -0.4 is 0 Å². The molecule has 1 fully saturated rings. The summed E-state index contributed by atoms with van der Waals surface area (Å²) in [7, 11) is -3.33. The Morgan fingerprint density at radius 2 is 1.95 bits per heavy atom. The van der Waals surface area contributed by atoms with Crippen LogP contribution in [0.5, 0.6) is 0 Å². The van der Waals surface area contributed by atoms with Crippen LogP contribution in [-0.4, -0.2) is 36.2 Å². The number of nitrogens with zero attached hydrogens (tertiary/aromatic N) is 1. The molecule has 0 heterocycles. The molecule has 2 rings (SSSR count). The van der Waals surface area contributed by atoms with Crippen LogP contribution >= 0.6 is 0 Å². The van der Waals surface area contributed by atoms with Crippen molar-refractivity contribution in [3.8, 4) is 0 Å². The van der Waals surface area contributed by atoms with E-state index in [9.17, 15) is 17.9 Å². The first-order chi connectivity index (χ1) is 9.94. The van der Waals surface area contributed by atoms with Gasteiger partial charge in [-0.25, -0.2) is 12.8 Å². The second-order valence-corrected chi connectivity index (χ2v) is 7.58.